The van der Waals surface area contributed by atoms with Gasteiger partial charge < -0.3 is 11.1 Å². The zero-order valence-corrected chi connectivity index (χ0v) is 11.8. The van der Waals surface area contributed by atoms with Crippen LogP contribution in [0.15, 0.2) is 30.9 Å². The lowest BCUT2D eigenvalue weighted by Crippen LogP contribution is -2.09. The van der Waals surface area contributed by atoms with Gasteiger partial charge in [-0.05, 0) is 6.07 Å². The van der Waals surface area contributed by atoms with Gasteiger partial charge in [-0.1, -0.05) is 0 Å². The fourth-order valence-electron chi connectivity index (χ4n) is 1.94. The van der Waals surface area contributed by atoms with Gasteiger partial charge in [0, 0.05) is 24.9 Å². The summed E-state index contributed by atoms with van der Waals surface area (Å²) in [7, 11) is 0. The van der Waals surface area contributed by atoms with Crippen LogP contribution in [0.4, 0.5) is 5.69 Å². The zero-order chi connectivity index (χ0) is 15.0. The van der Waals surface area contributed by atoms with Crippen LogP contribution in [-0.2, 0) is 4.79 Å². The zero-order valence-electron chi connectivity index (χ0n) is 11.0. The van der Waals surface area contributed by atoms with Crippen molar-refractivity contribution in [3.05, 3.63) is 36.4 Å². The number of primary amides is 1. The normalized spacial score (nSPS) is 10.7. The molecule has 106 valence electrons. The van der Waals surface area contributed by atoms with E-state index in [4.69, 9.17) is 5.73 Å². The molecule has 0 aromatic carbocycles. The molecule has 3 aromatic rings. The van der Waals surface area contributed by atoms with Gasteiger partial charge in [0.2, 0.25) is 5.91 Å². The first kappa shape index (κ1) is 13.3. The van der Waals surface area contributed by atoms with Gasteiger partial charge in [-0.25, -0.2) is 4.52 Å². The molecule has 0 saturated carbocycles. The molecule has 3 rings (SSSR count). The quantitative estimate of drug-likeness (QED) is 0.765. The summed E-state index contributed by atoms with van der Waals surface area (Å²) >= 11 is 1.39. The van der Waals surface area contributed by atoms with Crippen LogP contribution < -0.4 is 11.1 Å². The second-order valence-corrected chi connectivity index (χ2v) is 5.44. The Bertz CT molecular complexity index is 851. The number of pyridine rings is 1. The highest BCUT2D eigenvalue weighted by Crippen LogP contribution is 2.31. The van der Waals surface area contributed by atoms with E-state index in [0.29, 0.717) is 16.1 Å². The molecule has 0 saturated heterocycles. The third-order valence-electron chi connectivity index (χ3n) is 2.80. The van der Waals surface area contributed by atoms with E-state index in [9.17, 15) is 9.59 Å². The molecule has 0 aliphatic rings. The summed E-state index contributed by atoms with van der Waals surface area (Å²) in [5.74, 6) is -0.672. The number of fused-ring (bicyclic) bond motifs is 1. The molecule has 7 nitrogen and oxygen atoms in total. The van der Waals surface area contributed by atoms with Gasteiger partial charge in [0.05, 0.1) is 28.5 Å². The van der Waals surface area contributed by atoms with Crippen molar-refractivity contribution in [1.29, 1.82) is 0 Å². The van der Waals surface area contributed by atoms with Crippen molar-refractivity contribution in [3.8, 4) is 10.4 Å². The second-order valence-electron chi connectivity index (χ2n) is 4.41. The van der Waals surface area contributed by atoms with Crippen LogP contribution in [-0.4, -0.2) is 26.4 Å². The number of nitrogens with one attached hydrogen (secondary N) is 1. The monoisotopic (exact) mass is 301 g/mol. The molecule has 0 atom stereocenters. The first-order valence-electron chi connectivity index (χ1n) is 6.04. The van der Waals surface area contributed by atoms with Crippen molar-refractivity contribution in [2.75, 3.05) is 5.32 Å². The van der Waals surface area contributed by atoms with Gasteiger partial charge in [-0.3, -0.25) is 14.6 Å². The van der Waals surface area contributed by atoms with Gasteiger partial charge in [-0.15, -0.1) is 11.3 Å². The third kappa shape index (κ3) is 2.48. The van der Waals surface area contributed by atoms with Gasteiger partial charge in [0.25, 0.3) is 5.91 Å². The van der Waals surface area contributed by atoms with Gasteiger partial charge in [0.15, 0.2) is 0 Å². The maximum absolute atomic E-state index is 11.3. The van der Waals surface area contributed by atoms with Crippen molar-refractivity contribution in [3.63, 3.8) is 0 Å². The standard InChI is InChI=1S/C13H11N5O2S/c1-7(19)17-9-2-8(3-15-4-9)11-6-18-13(21-11)10(5-16-18)12(14)20/h2-6H,1H3,(H2,14,20)(H,17,19). The summed E-state index contributed by atoms with van der Waals surface area (Å²) < 4.78 is 1.60. The average molecular weight is 301 g/mol. The third-order valence-corrected chi connectivity index (χ3v) is 3.97. The maximum Gasteiger partial charge on any atom is 0.253 e. The number of nitrogens with two attached hydrogens (primary N) is 1. The number of amides is 2. The predicted octanol–water partition coefficient (Wildman–Crippen LogP) is 1.52. The SMILES string of the molecule is CC(=O)Nc1cncc(-c2cn3ncc(C(N)=O)c3s2)c1. The summed E-state index contributed by atoms with van der Waals surface area (Å²) in [6.45, 7) is 1.44. The minimum atomic E-state index is -0.511. The van der Waals surface area contributed by atoms with Gasteiger partial charge in [0.1, 0.15) is 4.83 Å². The number of aromatic nitrogens is 3. The first-order chi connectivity index (χ1) is 10.0. The number of carbonyl (C=O) groups excluding carboxylic acids is 2. The Labute approximate surface area is 123 Å². The molecule has 0 unspecified atom stereocenters. The Morgan fingerprint density at radius 1 is 1.33 bits per heavy atom. The minimum absolute atomic E-state index is 0.161. The first-order valence-corrected chi connectivity index (χ1v) is 6.86. The molecule has 0 radical (unpaired) electrons. The number of thiazole rings is 1. The Morgan fingerprint density at radius 2 is 2.14 bits per heavy atom. The number of anilines is 1. The van der Waals surface area contributed by atoms with Gasteiger partial charge >= 0.3 is 0 Å². The van der Waals surface area contributed by atoms with Crippen LogP contribution >= 0.6 is 11.3 Å². The molecular weight excluding hydrogens is 290 g/mol. The van der Waals surface area contributed by atoms with E-state index in [1.165, 1.54) is 24.5 Å². The maximum atomic E-state index is 11.3. The lowest BCUT2D eigenvalue weighted by Gasteiger charge is -2.02. The second kappa shape index (κ2) is 4.98. The van der Waals surface area contributed by atoms with Crippen LogP contribution in [0, 0.1) is 0 Å². The van der Waals surface area contributed by atoms with E-state index in [0.717, 1.165) is 10.4 Å². The molecule has 2 amide bonds. The Hall–Kier alpha value is -2.74. The van der Waals surface area contributed by atoms with E-state index in [-0.39, 0.29) is 5.91 Å². The van der Waals surface area contributed by atoms with E-state index in [1.807, 2.05) is 6.07 Å². The van der Waals surface area contributed by atoms with Gasteiger partial charge in [-0.2, -0.15) is 5.10 Å². The molecule has 3 aromatic heterocycles. The Morgan fingerprint density at radius 3 is 2.86 bits per heavy atom. The van der Waals surface area contributed by atoms with Crippen molar-refractivity contribution >= 4 is 33.7 Å². The number of hydrogen-bond acceptors (Lipinski definition) is 5. The number of hydrogen-bond donors (Lipinski definition) is 2. The molecule has 0 aliphatic heterocycles. The van der Waals surface area contributed by atoms with E-state index in [2.05, 4.69) is 15.4 Å². The highest BCUT2D eigenvalue weighted by atomic mass is 32.1. The number of nitrogens with zero attached hydrogens (tertiary/aromatic N) is 3. The molecule has 8 heteroatoms. The number of carbonyl (C=O) groups is 2. The highest BCUT2D eigenvalue weighted by molar-refractivity contribution is 7.21. The highest BCUT2D eigenvalue weighted by Gasteiger charge is 2.14. The molecule has 3 heterocycles. The summed E-state index contributed by atoms with van der Waals surface area (Å²) in [5.41, 5.74) is 7.13. The van der Waals surface area contributed by atoms with Crippen molar-refractivity contribution in [1.82, 2.24) is 14.6 Å². The fraction of sp³-hybridized carbons (Fsp3) is 0.0769. The molecule has 0 fully saturated rings. The summed E-state index contributed by atoms with van der Waals surface area (Å²) in [4.78, 5) is 28.0. The lowest BCUT2D eigenvalue weighted by molar-refractivity contribution is -0.114. The lowest BCUT2D eigenvalue weighted by atomic mass is 10.2. The van der Waals surface area contributed by atoms with E-state index in [1.54, 1.807) is 23.1 Å². The smallest absolute Gasteiger partial charge is 0.253 e. The average Bonchev–Trinajstić information content (AvgIpc) is 2.97. The van der Waals surface area contributed by atoms with Crippen LogP contribution in [0.2, 0.25) is 0 Å². The summed E-state index contributed by atoms with van der Waals surface area (Å²) in [6, 6.07) is 1.81. The molecule has 21 heavy (non-hydrogen) atoms. The van der Waals surface area contributed by atoms with Crippen molar-refractivity contribution in [2.45, 2.75) is 6.92 Å². The topological polar surface area (TPSA) is 102 Å². The van der Waals surface area contributed by atoms with Crippen LogP contribution in [0.5, 0.6) is 0 Å². The molecule has 0 spiro atoms. The Kier molecular flexibility index (Phi) is 3.15. The van der Waals surface area contributed by atoms with Crippen molar-refractivity contribution < 1.29 is 9.59 Å². The summed E-state index contributed by atoms with van der Waals surface area (Å²) in [5, 5.41) is 6.77. The summed E-state index contributed by atoms with van der Waals surface area (Å²) in [6.07, 6.45) is 6.49. The molecule has 0 bridgehead atoms. The number of rotatable bonds is 3. The molecule has 3 N–H and O–H groups in total. The minimum Gasteiger partial charge on any atom is -0.365 e. The fourth-order valence-corrected chi connectivity index (χ4v) is 2.98. The molecular formula is C13H11N5O2S. The largest absolute Gasteiger partial charge is 0.365 e. The van der Waals surface area contributed by atoms with E-state index < -0.39 is 5.91 Å². The predicted molar refractivity (Wildman–Crippen MR) is 79.1 cm³/mol. The van der Waals surface area contributed by atoms with Crippen molar-refractivity contribution in [2.24, 2.45) is 5.73 Å². The van der Waals surface area contributed by atoms with Crippen LogP contribution in [0.1, 0.15) is 17.3 Å². The molecule has 0 aliphatic carbocycles. The Balaban J connectivity index is 2.04. The van der Waals surface area contributed by atoms with Crippen LogP contribution in [0.25, 0.3) is 15.3 Å². The van der Waals surface area contributed by atoms with E-state index >= 15 is 0 Å². The van der Waals surface area contributed by atoms with Crippen LogP contribution in [0.3, 0.4) is 0 Å².